The fourth-order valence-corrected chi connectivity index (χ4v) is 4.63. The van der Waals surface area contributed by atoms with Gasteiger partial charge in [-0.15, -0.1) is 0 Å². The quantitative estimate of drug-likeness (QED) is 0.572. The molecule has 0 aliphatic carbocycles. The number of nitrogens with zero attached hydrogens (tertiary/aromatic N) is 2. The average Bonchev–Trinajstić information content (AvgIpc) is 3.15. The first kappa shape index (κ1) is 21.7. The van der Waals surface area contributed by atoms with Crippen molar-refractivity contribution in [1.82, 2.24) is 14.8 Å². The van der Waals surface area contributed by atoms with Gasteiger partial charge in [-0.25, -0.2) is 0 Å². The van der Waals surface area contributed by atoms with Gasteiger partial charge >= 0.3 is 0 Å². The normalized spacial score (nSPS) is 15.3. The molecule has 2 aromatic carbocycles. The van der Waals surface area contributed by atoms with E-state index in [1.54, 1.807) is 7.11 Å². The summed E-state index contributed by atoms with van der Waals surface area (Å²) in [5.74, 6) is 1.08. The highest BCUT2D eigenvalue weighted by molar-refractivity contribution is 6.31. The summed E-state index contributed by atoms with van der Waals surface area (Å²) >= 11 is 6.19. The predicted molar refractivity (Wildman–Crippen MR) is 125 cm³/mol. The van der Waals surface area contributed by atoms with Crippen molar-refractivity contribution in [3.05, 3.63) is 64.8 Å². The lowest BCUT2D eigenvalue weighted by atomic mass is 9.95. The fraction of sp³-hybridized carbons (Fsp3) is 0.400. The van der Waals surface area contributed by atoms with Crippen LogP contribution < -0.4 is 10.1 Å². The highest BCUT2D eigenvalue weighted by Gasteiger charge is 2.25. The Labute approximate surface area is 188 Å². The number of ether oxygens (including phenoxy) is 1. The standard InChI is InChI=1S/C25H30ClN3O2/c1-3-29-17-20(22-14-21(31-2)8-9-24(22)29)16-28-12-10-18(11-13-28)25(30)27-15-19-6-4-5-7-23(19)26/h4-9,14,17-18H,3,10-13,15-16H2,1-2H3,(H,27,30). The Kier molecular flexibility index (Phi) is 6.83. The van der Waals surface area contributed by atoms with Crippen LogP contribution in [0.3, 0.4) is 0 Å². The summed E-state index contributed by atoms with van der Waals surface area (Å²) in [6, 6.07) is 13.9. The van der Waals surface area contributed by atoms with Gasteiger partial charge in [-0.05, 0) is 68.2 Å². The van der Waals surface area contributed by atoms with Crippen molar-refractivity contribution in [2.75, 3.05) is 20.2 Å². The molecule has 1 aliphatic rings. The molecule has 164 valence electrons. The van der Waals surface area contributed by atoms with E-state index in [0.29, 0.717) is 11.6 Å². The summed E-state index contributed by atoms with van der Waals surface area (Å²) in [4.78, 5) is 15.1. The first-order valence-electron chi connectivity index (χ1n) is 11.0. The van der Waals surface area contributed by atoms with Crippen molar-refractivity contribution in [2.24, 2.45) is 5.92 Å². The van der Waals surface area contributed by atoms with Gasteiger partial charge in [0.15, 0.2) is 0 Å². The van der Waals surface area contributed by atoms with Gasteiger partial charge in [-0.3, -0.25) is 9.69 Å². The topological polar surface area (TPSA) is 46.5 Å². The van der Waals surface area contributed by atoms with Crippen LogP contribution in [0, 0.1) is 5.92 Å². The van der Waals surface area contributed by atoms with E-state index < -0.39 is 0 Å². The lowest BCUT2D eigenvalue weighted by Gasteiger charge is -2.31. The van der Waals surface area contributed by atoms with E-state index in [-0.39, 0.29) is 11.8 Å². The minimum Gasteiger partial charge on any atom is -0.497 e. The number of halogens is 1. The number of fused-ring (bicyclic) bond motifs is 1. The minimum absolute atomic E-state index is 0.0656. The molecule has 0 unspecified atom stereocenters. The van der Waals surface area contributed by atoms with Crippen molar-refractivity contribution < 1.29 is 9.53 Å². The van der Waals surface area contributed by atoms with Gasteiger partial charge in [0.25, 0.3) is 0 Å². The molecule has 1 aliphatic heterocycles. The Hall–Kier alpha value is -2.50. The molecular weight excluding hydrogens is 410 g/mol. The summed E-state index contributed by atoms with van der Waals surface area (Å²) in [5.41, 5.74) is 3.52. The largest absolute Gasteiger partial charge is 0.497 e. The molecule has 0 radical (unpaired) electrons. The molecule has 6 heteroatoms. The second kappa shape index (κ2) is 9.75. The van der Waals surface area contributed by atoms with Gasteiger partial charge in [-0.1, -0.05) is 29.8 Å². The Morgan fingerprint density at radius 2 is 1.94 bits per heavy atom. The molecule has 0 saturated carbocycles. The van der Waals surface area contributed by atoms with Crippen LogP contribution in [-0.4, -0.2) is 35.6 Å². The van der Waals surface area contributed by atoms with Gasteiger partial charge in [-0.2, -0.15) is 0 Å². The van der Waals surface area contributed by atoms with E-state index in [1.165, 1.54) is 16.5 Å². The molecule has 2 heterocycles. The molecule has 1 aromatic heterocycles. The van der Waals surface area contributed by atoms with E-state index >= 15 is 0 Å². The molecule has 3 aromatic rings. The molecule has 1 fully saturated rings. The molecule has 5 nitrogen and oxygen atoms in total. The summed E-state index contributed by atoms with van der Waals surface area (Å²) in [6.07, 6.45) is 4.01. The monoisotopic (exact) mass is 439 g/mol. The zero-order chi connectivity index (χ0) is 21.8. The highest BCUT2D eigenvalue weighted by atomic mass is 35.5. The second-order valence-corrected chi connectivity index (χ2v) is 8.59. The number of hydrogen-bond acceptors (Lipinski definition) is 3. The maximum Gasteiger partial charge on any atom is 0.223 e. The van der Waals surface area contributed by atoms with E-state index in [0.717, 1.165) is 50.3 Å². The van der Waals surface area contributed by atoms with Crippen LogP contribution in [0.15, 0.2) is 48.7 Å². The zero-order valence-corrected chi connectivity index (χ0v) is 19.0. The molecule has 4 rings (SSSR count). The zero-order valence-electron chi connectivity index (χ0n) is 18.2. The first-order chi connectivity index (χ1) is 15.1. The third-order valence-corrected chi connectivity index (χ3v) is 6.64. The van der Waals surface area contributed by atoms with Crippen molar-refractivity contribution in [2.45, 2.75) is 39.4 Å². The number of aryl methyl sites for hydroxylation is 1. The van der Waals surface area contributed by atoms with Crippen molar-refractivity contribution in [3.8, 4) is 5.75 Å². The van der Waals surface area contributed by atoms with Gasteiger partial charge < -0.3 is 14.6 Å². The Morgan fingerprint density at radius 1 is 1.16 bits per heavy atom. The number of carbonyl (C=O) groups is 1. The lowest BCUT2D eigenvalue weighted by Crippen LogP contribution is -2.40. The third-order valence-electron chi connectivity index (χ3n) is 6.27. The van der Waals surface area contributed by atoms with Gasteiger partial charge in [0.05, 0.1) is 7.11 Å². The number of piperidine rings is 1. The Bertz CT molecular complexity index is 1050. The maximum atomic E-state index is 12.6. The number of likely N-dealkylation sites (tertiary alicyclic amines) is 1. The van der Waals surface area contributed by atoms with Crippen LogP contribution in [0.5, 0.6) is 5.75 Å². The summed E-state index contributed by atoms with van der Waals surface area (Å²) < 4.78 is 7.73. The van der Waals surface area contributed by atoms with Crippen molar-refractivity contribution in [3.63, 3.8) is 0 Å². The van der Waals surface area contributed by atoms with Crippen LogP contribution >= 0.6 is 11.6 Å². The van der Waals surface area contributed by atoms with Crippen molar-refractivity contribution >= 4 is 28.4 Å². The lowest BCUT2D eigenvalue weighted by molar-refractivity contribution is -0.126. The molecule has 1 amide bonds. The minimum atomic E-state index is 0.0656. The number of carbonyl (C=O) groups excluding carboxylic acids is 1. The van der Waals surface area contributed by atoms with Crippen LogP contribution in [0.2, 0.25) is 5.02 Å². The number of aromatic nitrogens is 1. The van der Waals surface area contributed by atoms with Gasteiger partial charge in [0.1, 0.15) is 5.75 Å². The van der Waals surface area contributed by atoms with Crippen LogP contribution in [-0.2, 0) is 24.4 Å². The molecule has 1 saturated heterocycles. The molecule has 0 spiro atoms. The summed E-state index contributed by atoms with van der Waals surface area (Å²) in [7, 11) is 1.71. The fourth-order valence-electron chi connectivity index (χ4n) is 4.43. The van der Waals surface area contributed by atoms with E-state index in [9.17, 15) is 4.79 Å². The van der Waals surface area contributed by atoms with E-state index in [1.807, 2.05) is 30.3 Å². The predicted octanol–water partition coefficient (Wildman–Crippen LogP) is 4.85. The number of rotatable bonds is 7. The first-order valence-corrected chi connectivity index (χ1v) is 11.4. The van der Waals surface area contributed by atoms with Crippen LogP contribution in [0.4, 0.5) is 0 Å². The van der Waals surface area contributed by atoms with Gasteiger partial charge in [0.2, 0.25) is 5.91 Å². The molecular formula is C25H30ClN3O2. The number of methoxy groups -OCH3 is 1. The number of amides is 1. The second-order valence-electron chi connectivity index (χ2n) is 8.18. The number of benzene rings is 2. The van der Waals surface area contributed by atoms with E-state index in [4.69, 9.17) is 16.3 Å². The summed E-state index contributed by atoms with van der Waals surface area (Å²) in [6.45, 7) is 6.33. The third kappa shape index (κ3) is 4.89. The Balaban J connectivity index is 1.35. The molecule has 1 N–H and O–H groups in total. The highest BCUT2D eigenvalue weighted by Crippen LogP contribution is 2.28. The number of nitrogens with one attached hydrogen (secondary N) is 1. The van der Waals surface area contributed by atoms with Gasteiger partial charge in [0, 0.05) is 47.7 Å². The average molecular weight is 440 g/mol. The SMILES string of the molecule is CCn1cc(CN2CCC(C(=O)NCc3ccccc3Cl)CC2)c2cc(OC)ccc21. The summed E-state index contributed by atoms with van der Waals surface area (Å²) in [5, 5.41) is 5.01. The van der Waals surface area contributed by atoms with Crippen LogP contribution in [0.1, 0.15) is 30.9 Å². The molecule has 0 atom stereocenters. The smallest absolute Gasteiger partial charge is 0.223 e. The van der Waals surface area contributed by atoms with E-state index in [2.05, 4.69) is 40.0 Å². The van der Waals surface area contributed by atoms with Crippen LogP contribution in [0.25, 0.3) is 10.9 Å². The number of hydrogen-bond donors (Lipinski definition) is 1. The molecule has 0 bridgehead atoms. The maximum absolute atomic E-state index is 12.6. The van der Waals surface area contributed by atoms with Crippen molar-refractivity contribution in [1.29, 1.82) is 0 Å². The Morgan fingerprint density at radius 3 is 2.65 bits per heavy atom. The molecule has 31 heavy (non-hydrogen) atoms.